The van der Waals surface area contributed by atoms with Gasteiger partial charge in [0, 0.05) is 16.0 Å². The largest absolute Gasteiger partial charge is 0.492 e. The molecule has 2 aromatic heterocycles. The van der Waals surface area contributed by atoms with Gasteiger partial charge < -0.3 is 4.74 Å². The molecule has 0 bridgehead atoms. The van der Waals surface area contributed by atoms with Crippen LogP contribution in [0, 0.1) is 6.92 Å². The number of hydrogen-bond donors (Lipinski definition) is 0. The van der Waals surface area contributed by atoms with Crippen LogP contribution in [-0.4, -0.2) is 16.4 Å². The van der Waals surface area contributed by atoms with Gasteiger partial charge in [0.05, 0.1) is 11.4 Å². The van der Waals surface area contributed by atoms with Gasteiger partial charge >= 0.3 is 0 Å². The molecule has 0 fully saturated rings. The minimum Gasteiger partial charge on any atom is -0.492 e. The van der Waals surface area contributed by atoms with E-state index in [1.54, 1.807) is 29.5 Å². The topological polar surface area (TPSA) is 44.1 Å². The third-order valence-electron chi connectivity index (χ3n) is 3.23. The summed E-state index contributed by atoms with van der Waals surface area (Å²) in [6.45, 7) is 2.77. The molecule has 3 rings (SSSR count). The standard InChI is InChI=1S/C17H15ClN2O2S/c1-12-5-7-16(23-12)15-6-8-17(21)20(19-15)9-10-22-14-4-2-3-13(18)11-14/h2-8,11H,9-10H2,1H3. The van der Waals surface area contributed by atoms with Crippen molar-refractivity contribution in [3.8, 4) is 16.3 Å². The Hall–Kier alpha value is -2.11. The van der Waals surface area contributed by atoms with E-state index in [-0.39, 0.29) is 5.56 Å². The summed E-state index contributed by atoms with van der Waals surface area (Å²) in [4.78, 5) is 14.2. The molecular weight excluding hydrogens is 332 g/mol. The van der Waals surface area contributed by atoms with Crippen molar-refractivity contribution in [2.24, 2.45) is 0 Å². The van der Waals surface area contributed by atoms with E-state index in [0.717, 1.165) is 10.6 Å². The van der Waals surface area contributed by atoms with E-state index >= 15 is 0 Å². The summed E-state index contributed by atoms with van der Waals surface area (Å²) >= 11 is 7.56. The molecule has 0 amide bonds. The van der Waals surface area contributed by atoms with Crippen LogP contribution in [0.15, 0.2) is 53.3 Å². The number of nitrogens with zero attached hydrogens (tertiary/aromatic N) is 2. The molecular formula is C17H15ClN2O2S. The first-order valence-electron chi connectivity index (χ1n) is 7.15. The van der Waals surface area contributed by atoms with Crippen molar-refractivity contribution in [1.82, 2.24) is 9.78 Å². The minimum atomic E-state index is -0.142. The fourth-order valence-electron chi connectivity index (χ4n) is 2.12. The van der Waals surface area contributed by atoms with Gasteiger partial charge in [0.2, 0.25) is 0 Å². The molecule has 0 aliphatic rings. The summed E-state index contributed by atoms with van der Waals surface area (Å²) in [6.07, 6.45) is 0. The molecule has 0 N–H and O–H groups in total. The molecule has 23 heavy (non-hydrogen) atoms. The Kier molecular flexibility index (Phi) is 4.79. The molecule has 0 aliphatic heterocycles. The highest BCUT2D eigenvalue weighted by Crippen LogP contribution is 2.25. The predicted octanol–water partition coefficient (Wildman–Crippen LogP) is 4.01. The van der Waals surface area contributed by atoms with Gasteiger partial charge in [-0.3, -0.25) is 4.79 Å². The van der Waals surface area contributed by atoms with Crippen LogP contribution in [0.1, 0.15) is 4.88 Å². The number of aryl methyl sites for hydroxylation is 1. The molecule has 0 atom stereocenters. The van der Waals surface area contributed by atoms with E-state index in [9.17, 15) is 4.79 Å². The number of benzene rings is 1. The second-order valence-electron chi connectivity index (χ2n) is 5.00. The number of halogens is 1. The number of hydrogen-bond acceptors (Lipinski definition) is 4. The third-order valence-corrected chi connectivity index (χ3v) is 4.49. The average Bonchev–Trinajstić information content (AvgIpc) is 2.96. The van der Waals surface area contributed by atoms with Gasteiger partial charge in [-0.05, 0) is 43.3 Å². The van der Waals surface area contributed by atoms with Gasteiger partial charge in [-0.2, -0.15) is 5.10 Å². The Morgan fingerprint density at radius 2 is 2.09 bits per heavy atom. The normalized spacial score (nSPS) is 10.7. The van der Waals surface area contributed by atoms with E-state index in [1.807, 2.05) is 31.2 Å². The minimum absolute atomic E-state index is 0.142. The van der Waals surface area contributed by atoms with Gasteiger partial charge in [-0.25, -0.2) is 4.68 Å². The molecule has 118 valence electrons. The molecule has 1 aromatic carbocycles. The molecule has 6 heteroatoms. The summed E-state index contributed by atoms with van der Waals surface area (Å²) in [7, 11) is 0. The number of rotatable bonds is 5. The van der Waals surface area contributed by atoms with E-state index in [4.69, 9.17) is 16.3 Å². The zero-order valence-electron chi connectivity index (χ0n) is 12.5. The van der Waals surface area contributed by atoms with Gasteiger partial charge in [0.15, 0.2) is 0 Å². The highest BCUT2D eigenvalue weighted by atomic mass is 35.5. The Bertz CT molecular complexity index is 873. The second kappa shape index (κ2) is 6.98. The first kappa shape index (κ1) is 15.8. The van der Waals surface area contributed by atoms with Crippen LogP contribution in [0.5, 0.6) is 5.75 Å². The summed E-state index contributed by atoms with van der Waals surface area (Å²) in [5.41, 5.74) is 0.655. The van der Waals surface area contributed by atoms with Crippen molar-refractivity contribution < 1.29 is 4.74 Å². The second-order valence-corrected chi connectivity index (χ2v) is 6.72. The highest BCUT2D eigenvalue weighted by Gasteiger charge is 2.06. The molecule has 0 saturated heterocycles. The SMILES string of the molecule is Cc1ccc(-c2ccc(=O)n(CCOc3cccc(Cl)c3)n2)s1. The maximum Gasteiger partial charge on any atom is 0.266 e. The van der Waals surface area contributed by atoms with Gasteiger partial charge in [-0.15, -0.1) is 11.3 Å². The number of ether oxygens (including phenoxy) is 1. The zero-order valence-corrected chi connectivity index (χ0v) is 14.1. The Balaban J connectivity index is 1.71. The lowest BCUT2D eigenvalue weighted by molar-refractivity contribution is 0.288. The van der Waals surface area contributed by atoms with Crippen LogP contribution >= 0.6 is 22.9 Å². The van der Waals surface area contributed by atoms with Crippen molar-refractivity contribution in [2.45, 2.75) is 13.5 Å². The van der Waals surface area contributed by atoms with E-state index in [0.29, 0.717) is 23.9 Å². The molecule has 0 unspecified atom stereocenters. The van der Waals surface area contributed by atoms with E-state index in [1.165, 1.54) is 15.6 Å². The maximum absolute atomic E-state index is 11.9. The fourth-order valence-corrected chi connectivity index (χ4v) is 3.13. The predicted molar refractivity (Wildman–Crippen MR) is 93.5 cm³/mol. The number of aromatic nitrogens is 2. The van der Waals surface area contributed by atoms with Crippen molar-refractivity contribution in [1.29, 1.82) is 0 Å². The Morgan fingerprint density at radius 1 is 1.22 bits per heavy atom. The third kappa shape index (κ3) is 4.00. The maximum atomic E-state index is 11.9. The summed E-state index contributed by atoms with van der Waals surface area (Å²) in [5.74, 6) is 0.676. The molecule has 2 heterocycles. The van der Waals surface area contributed by atoms with Crippen LogP contribution in [0.4, 0.5) is 0 Å². The summed E-state index contributed by atoms with van der Waals surface area (Å²) in [5, 5.41) is 5.03. The first-order valence-corrected chi connectivity index (χ1v) is 8.34. The number of thiophene rings is 1. The van der Waals surface area contributed by atoms with Gasteiger partial charge in [0.25, 0.3) is 5.56 Å². The molecule has 3 aromatic rings. The first-order chi connectivity index (χ1) is 11.1. The van der Waals surface area contributed by atoms with Gasteiger partial charge in [-0.1, -0.05) is 17.7 Å². The lowest BCUT2D eigenvalue weighted by Crippen LogP contribution is -2.25. The quantitative estimate of drug-likeness (QED) is 0.701. The molecule has 0 radical (unpaired) electrons. The fraction of sp³-hybridized carbons (Fsp3) is 0.176. The van der Waals surface area contributed by atoms with Crippen molar-refractivity contribution in [2.75, 3.05) is 6.61 Å². The lowest BCUT2D eigenvalue weighted by atomic mass is 10.3. The van der Waals surface area contributed by atoms with Crippen LogP contribution < -0.4 is 10.3 Å². The van der Waals surface area contributed by atoms with E-state index < -0.39 is 0 Å². The van der Waals surface area contributed by atoms with E-state index in [2.05, 4.69) is 5.10 Å². The summed E-state index contributed by atoms with van der Waals surface area (Å²) in [6, 6.07) is 14.5. The van der Waals surface area contributed by atoms with Crippen LogP contribution in [0.2, 0.25) is 5.02 Å². The zero-order chi connectivity index (χ0) is 16.2. The Morgan fingerprint density at radius 3 is 2.83 bits per heavy atom. The van der Waals surface area contributed by atoms with Crippen LogP contribution in [0.25, 0.3) is 10.6 Å². The summed E-state index contributed by atoms with van der Waals surface area (Å²) < 4.78 is 7.04. The van der Waals surface area contributed by atoms with Crippen molar-refractivity contribution in [3.05, 3.63) is 68.8 Å². The van der Waals surface area contributed by atoms with Crippen LogP contribution in [0.3, 0.4) is 0 Å². The highest BCUT2D eigenvalue weighted by molar-refractivity contribution is 7.15. The Labute approximate surface area is 142 Å². The molecule has 0 saturated carbocycles. The molecule has 0 spiro atoms. The van der Waals surface area contributed by atoms with Crippen LogP contribution in [-0.2, 0) is 6.54 Å². The van der Waals surface area contributed by atoms with Gasteiger partial charge in [0.1, 0.15) is 18.1 Å². The lowest BCUT2D eigenvalue weighted by Gasteiger charge is -2.08. The van der Waals surface area contributed by atoms with Crippen molar-refractivity contribution >= 4 is 22.9 Å². The molecule has 0 aliphatic carbocycles. The monoisotopic (exact) mass is 346 g/mol. The smallest absolute Gasteiger partial charge is 0.266 e. The molecule has 4 nitrogen and oxygen atoms in total. The average molecular weight is 347 g/mol. The van der Waals surface area contributed by atoms with Crippen molar-refractivity contribution in [3.63, 3.8) is 0 Å².